The standard InChI is InChI=1S/C14H10F3NO/c1-7-4-10(13(17)6-11(7)15)14(19)9-3-2-8(18)5-12(9)16/h2-6H,18H2,1H3. The maximum Gasteiger partial charge on any atom is 0.198 e. The summed E-state index contributed by atoms with van der Waals surface area (Å²) in [6, 6.07) is 5.15. The minimum absolute atomic E-state index is 0.112. The summed E-state index contributed by atoms with van der Waals surface area (Å²) in [4.78, 5) is 12.0. The van der Waals surface area contributed by atoms with Crippen molar-refractivity contribution in [2.45, 2.75) is 6.92 Å². The molecule has 0 saturated carbocycles. The number of ketones is 1. The Morgan fingerprint density at radius 1 is 0.947 bits per heavy atom. The molecule has 2 nitrogen and oxygen atoms in total. The summed E-state index contributed by atoms with van der Waals surface area (Å²) < 4.78 is 40.3. The van der Waals surface area contributed by atoms with E-state index in [1.807, 2.05) is 0 Å². The van der Waals surface area contributed by atoms with E-state index in [-0.39, 0.29) is 22.4 Å². The van der Waals surface area contributed by atoms with Crippen molar-refractivity contribution in [2.24, 2.45) is 0 Å². The molecule has 0 atom stereocenters. The highest BCUT2D eigenvalue weighted by Crippen LogP contribution is 2.20. The molecule has 0 aliphatic carbocycles. The summed E-state index contributed by atoms with van der Waals surface area (Å²) in [6.07, 6.45) is 0. The van der Waals surface area contributed by atoms with Crippen LogP contribution in [0.1, 0.15) is 21.5 Å². The van der Waals surface area contributed by atoms with Gasteiger partial charge in [0.05, 0.1) is 11.1 Å². The van der Waals surface area contributed by atoms with E-state index >= 15 is 0 Å². The van der Waals surface area contributed by atoms with Crippen LogP contribution in [0.15, 0.2) is 30.3 Å². The van der Waals surface area contributed by atoms with E-state index in [1.54, 1.807) is 0 Å². The second kappa shape index (κ2) is 4.76. The minimum Gasteiger partial charge on any atom is -0.399 e. The third kappa shape index (κ3) is 2.45. The van der Waals surface area contributed by atoms with E-state index in [0.717, 1.165) is 12.1 Å². The molecule has 2 rings (SSSR count). The number of aryl methyl sites for hydroxylation is 1. The Hall–Kier alpha value is -2.30. The first-order chi connectivity index (χ1) is 8.90. The Balaban J connectivity index is 2.53. The zero-order valence-corrected chi connectivity index (χ0v) is 10.0. The van der Waals surface area contributed by atoms with Gasteiger partial charge in [0.1, 0.15) is 17.5 Å². The SMILES string of the molecule is Cc1cc(C(=O)c2ccc(N)cc2F)c(F)cc1F. The van der Waals surface area contributed by atoms with Crippen LogP contribution < -0.4 is 5.73 Å². The van der Waals surface area contributed by atoms with E-state index < -0.39 is 23.2 Å². The van der Waals surface area contributed by atoms with Crippen molar-refractivity contribution in [3.63, 3.8) is 0 Å². The zero-order valence-electron chi connectivity index (χ0n) is 10.0. The van der Waals surface area contributed by atoms with Crippen LogP contribution in [0, 0.1) is 24.4 Å². The summed E-state index contributed by atoms with van der Waals surface area (Å²) in [5.74, 6) is -3.47. The number of nitrogens with two attached hydrogens (primary N) is 1. The van der Waals surface area contributed by atoms with Crippen LogP contribution in [-0.4, -0.2) is 5.78 Å². The van der Waals surface area contributed by atoms with Gasteiger partial charge >= 0.3 is 0 Å². The van der Waals surface area contributed by atoms with Gasteiger partial charge in [-0.15, -0.1) is 0 Å². The Kier molecular flexibility index (Phi) is 3.29. The zero-order chi connectivity index (χ0) is 14.2. The average molecular weight is 265 g/mol. The molecule has 0 fully saturated rings. The van der Waals surface area contributed by atoms with Crippen LogP contribution in [0.2, 0.25) is 0 Å². The number of halogens is 3. The fraction of sp³-hybridized carbons (Fsp3) is 0.0714. The van der Waals surface area contributed by atoms with E-state index in [2.05, 4.69) is 0 Å². The molecule has 0 saturated heterocycles. The van der Waals surface area contributed by atoms with Gasteiger partial charge < -0.3 is 5.73 Å². The predicted molar refractivity (Wildman–Crippen MR) is 65.3 cm³/mol. The molecule has 5 heteroatoms. The lowest BCUT2D eigenvalue weighted by atomic mass is 10.00. The van der Waals surface area contributed by atoms with Gasteiger partial charge in [-0.1, -0.05) is 0 Å². The van der Waals surface area contributed by atoms with Crippen LogP contribution in [0.25, 0.3) is 0 Å². The molecule has 19 heavy (non-hydrogen) atoms. The van der Waals surface area contributed by atoms with Gasteiger partial charge in [0.2, 0.25) is 0 Å². The molecule has 0 radical (unpaired) electrons. The van der Waals surface area contributed by atoms with Gasteiger partial charge in [-0.25, -0.2) is 13.2 Å². The van der Waals surface area contributed by atoms with Gasteiger partial charge in [-0.05, 0) is 36.8 Å². The average Bonchev–Trinajstić information content (AvgIpc) is 2.33. The first kappa shape index (κ1) is 13.1. The predicted octanol–water partition coefficient (Wildman–Crippen LogP) is 3.23. The Bertz CT molecular complexity index is 668. The minimum atomic E-state index is -1.02. The molecule has 0 aliphatic rings. The Labute approximate surface area is 107 Å². The molecule has 2 N–H and O–H groups in total. The molecule has 0 bridgehead atoms. The van der Waals surface area contributed by atoms with Crippen LogP contribution in [0.3, 0.4) is 0 Å². The fourth-order valence-electron chi connectivity index (χ4n) is 1.69. The van der Waals surface area contributed by atoms with E-state index in [4.69, 9.17) is 5.73 Å². The van der Waals surface area contributed by atoms with Crippen molar-refractivity contribution in [2.75, 3.05) is 5.73 Å². The lowest BCUT2D eigenvalue weighted by molar-refractivity contribution is 0.103. The summed E-state index contributed by atoms with van der Waals surface area (Å²) >= 11 is 0. The number of rotatable bonds is 2. The number of hydrogen-bond acceptors (Lipinski definition) is 2. The van der Waals surface area contributed by atoms with Gasteiger partial charge in [-0.3, -0.25) is 4.79 Å². The van der Waals surface area contributed by atoms with Crippen LogP contribution in [0.5, 0.6) is 0 Å². The second-order valence-electron chi connectivity index (χ2n) is 4.15. The third-order valence-electron chi connectivity index (χ3n) is 2.73. The maximum atomic E-state index is 13.6. The molecular weight excluding hydrogens is 255 g/mol. The molecule has 2 aromatic carbocycles. The van der Waals surface area contributed by atoms with Crippen molar-refractivity contribution in [1.82, 2.24) is 0 Å². The molecule has 0 spiro atoms. The van der Waals surface area contributed by atoms with E-state index in [1.165, 1.54) is 19.1 Å². The van der Waals surface area contributed by atoms with Crippen molar-refractivity contribution < 1.29 is 18.0 Å². The van der Waals surface area contributed by atoms with E-state index in [0.29, 0.717) is 6.07 Å². The van der Waals surface area contributed by atoms with Gasteiger partial charge in [0, 0.05) is 11.8 Å². The first-order valence-corrected chi connectivity index (χ1v) is 5.45. The topological polar surface area (TPSA) is 43.1 Å². The largest absolute Gasteiger partial charge is 0.399 e. The molecular formula is C14H10F3NO. The number of carbonyl (C=O) groups is 1. The van der Waals surface area contributed by atoms with Gasteiger partial charge in [0.25, 0.3) is 0 Å². The highest BCUT2D eigenvalue weighted by molar-refractivity contribution is 6.09. The monoisotopic (exact) mass is 265 g/mol. The number of benzene rings is 2. The van der Waals surface area contributed by atoms with Crippen molar-refractivity contribution in [3.05, 3.63) is 64.5 Å². The summed E-state index contributed by atoms with van der Waals surface area (Å²) in [6.45, 7) is 1.39. The van der Waals surface area contributed by atoms with E-state index in [9.17, 15) is 18.0 Å². The highest BCUT2D eigenvalue weighted by atomic mass is 19.1. The normalized spacial score (nSPS) is 10.5. The quantitative estimate of drug-likeness (QED) is 0.669. The lowest BCUT2D eigenvalue weighted by Crippen LogP contribution is -2.08. The second-order valence-corrected chi connectivity index (χ2v) is 4.15. The molecule has 0 unspecified atom stereocenters. The summed E-state index contributed by atoms with van der Waals surface area (Å²) in [7, 11) is 0. The lowest BCUT2D eigenvalue weighted by Gasteiger charge is -2.06. The van der Waals surface area contributed by atoms with Gasteiger partial charge in [0.15, 0.2) is 5.78 Å². The first-order valence-electron chi connectivity index (χ1n) is 5.45. The molecule has 0 aromatic heterocycles. The van der Waals surface area contributed by atoms with Crippen LogP contribution in [0.4, 0.5) is 18.9 Å². The number of anilines is 1. The Morgan fingerprint density at radius 3 is 2.21 bits per heavy atom. The molecule has 98 valence electrons. The van der Waals surface area contributed by atoms with Crippen LogP contribution >= 0.6 is 0 Å². The summed E-state index contributed by atoms with van der Waals surface area (Å²) in [5, 5.41) is 0. The number of hydrogen-bond donors (Lipinski definition) is 1. The van der Waals surface area contributed by atoms with Crippen molar-refractivity contribution >= 4 is 11.5 Å². The molecule has 2 aromatic rings. The van der Waals surface area contributed by atoms with Crippen LogP contribution in [-0.2, 0) is 0 Å². The van der Waals surface area contributed by atoms with Crippen molar-refractivity contribution in [1.29, 1.82) is 0 Å². The maximum absolute atomic E-state index is 13.6. The fourth-order valence-corrected chi connectivity index (χ4v) is 1.69. The molecule has 0 heterocycles. The molecule has 0 amide bonds. The van der Waals surface area contributed by atoms with Gasteiger partial charge in [-0.2, -0.15) is 0 Å². The third-order valence-corrected chi connectivity index (χ3v) is 2.73. The number of carbonyl (C=O) groups excluding carboxylic acids is 1. The summed E-state index contributed by atoms with van der Waals surface area (Å²) in [5.41, 5.74) is 4.96. The highest BCUT2D eigenvalue weighted by Gasteiger charge is 2.19. The number of nitrogen functional groups attached to an aromatic ring is 1. The van der Waals surface area contributed by atoms with Crippen molar-refractivity contribution in [3.8, 4) is 0 Å². The smallest absolute Gasteiger partial charge is 0.198 e. The Morgan fingerprint density at radius 2 is 1.58 bits per heavy atom. The molecule has 0 aliphatic heterocycles.